The smallest absolute Gasteiger partial charge is 0.241 e. The molecule has 0 aliphatic heterocycles. The Hall–Kier alpha value is -1.01. The fourth-order valence-electron chi connectivity index (χ4n) is 1.32. The average Bonchev–Trinajstić information content (AvgIpc) is 2.16. The van der Waals surface area contributed by atoms with Crippen molar-refractivity contribution in [2.24, 2.45) is 5.92 Å². The van der Waals surface area contributed by atoms with Crippen LogP contribution in [0.4, 0.5) is 4.39 Å². The molecule has 6 heteroatoms. The van der Waals surface area contributed by atoms with Crippen molar-refractivity contribution < 1.29 is 12.8 Å². The topological polar surface area (TPSA) is 50.3 Å². The second-order valence-corrected chi connectivity index (χ2v) is 5.93. The van der Waals surface area contributed by atoms with Crippen LogP contribution in [0.1, 0.15) is 13.8 Å². The van der Waals surface area contributed by atoms with Gasteiger partial charge in [0.25, 0.3) is 10.0 Å². The van der Waals surface area contributed by atoms with Gasteiger partial charge in [-0.15, -0.1) is 0 Å². The highest BCUT2D eigenvalue weighted by molar-refractivity contribution is 7.89. The van der Waals surface area contributed by atoms with E-state index >= 15 is 0 Å². The number of aromatic nitrogens is 1. The lowest BCUT2D eigenvalue weighted by Gasteiger charge is -2.18. The summed E-state index contributed by atoms with van der Waals surface area (Å²) >= 11 is 0. The van der Waals surface area contributed by atoms with Crippen LogP contribution in [-0.4, -0.2) is 31.3 Å². The molecule has 0 amide bonds. The van der Waals surface area contributed by atoms with Crippen LogP contribution >= 0.6 is 0 Å². The molecule has 4 nitrogen and oxygen atoms in total. The molecule has 90 valence electrons. The normalized spacial score (nSPS) is 12.4. The van der Waals surface area contributed by atoms with Gasteiger partial charge in [-0.3, -0.25) is 0 Å². The molecule has 0 saturated heterocycles. The zero-order chi connectivity index (χ0) is 12.3. The Morgan fingerprint density at radius 2 is 2.12 bits per heavy atom. The monoisotopic (exact) mass is 246 g/mol. The summed E-state index contributed by atoms with van der Waals surface area (Å²) in [6, 6.07) is 2.44. The number of sulfonamides is 1. The maximum atomic E-state index is 13.3. The standard InChI is InChI=1S/C10H15FN2O2S/c1-8(2)7-13(3)16(14,15)10-9(11)5-4-6-12-10/h4-6,8H,7H2,1-3H3. The second-order valence-electron chi connectivity index (χ2n) is 3.97. The van der Waals surface area contributed by atoms with E-state index in [1.165, 1.54) is 19.3 Å². The number of pyridine rings is 1. The quantitative estimate of drug-likeness (QED) is 0.809. The summed E-state index contributed by atoms with van der Waals surface area (Å²) in [7, 11) is -2.40. The lowest BCUT2D eigenvalue weighted by Crippen LogP contribution is -2.31. The Labute approximate surface area is 95.2 Å². The Balaban J connectivity index is 3.08. The molecule has 0 unspecified atom stereocenters. The van der Waals surface area contributed by atoms with Crippen LogP contribution in [0.5, 0.6) is 0 Å². The molecule has 0 bridgehead atoms. The number of nitrogens with zero attached hydrogens (tertiary/aromatic N) is 2. The molecule has 1 aromatic rings. The first-order valence-electron chi connectivity index (χ1n) is 4.92. The molecule has 0 aliphatic rings. The molecular formula is C10H15FN2O2S. The summed E-state index contributed by atoms with van der Waals surface area (Å²) in [6.07, 6.45) is 1.26. The first-order chi connectivity index (χ1) is 7.35. The van der Waals surface area contributed by atoms with E-state index in [2.05, 4.69) is 4.98 Å². The largest absolute Gasteiger partial charge is 0.263 e. The minimum atomic E-state index is -3.82. The van der Waals surface area contributed by atoms with Gasteiger partial charge in [0.1, 0.15) is 0 Å². The maximum absolute atomic E-state index is 13.3. The molecule has 0 radical (unpaired) electrons. The second kappa shape index (κ2) is 4.88. The zero-order valence-electron chi connectivity index (χ0n) is 9.51. The zero-order valence-corrected chi connectivity index (χ0v) is 10.3. The Morgan fingerprint density at radius 3 is 2.62 bits per heavy atom. The molecule has 0 aliphatic carbocycles. The van der Waals surface area contributed by atoms with Crippen LogP contribution in [-0.2, 0) is 10.0 Å². The first kappa shape index (κ1) is 13.1. The van der Waals surface area contributed by atoms with Crippen molar-refractivity contribution in [1.29, 1.82) is 0 Å². The number of hydrogen-bond acceptors (Lipinski definition) is 3. The third-order valence-corrected chi connectivity index (χ3v) is 3.76. The Morgan fingerprint density at radius 1 is 1.50 bits per heavy atom. The average molecular weight is 246 g/mol. The minimum Gasteiger partial charge on any atom is -0.241 e. The Bertz CT molecular complexity index is 460. The molecule has 0 spiro atoms. The van der Waals surface area contributed by atoms with Crippen molar-refractivity contribution in [3.8, 4) is 0 Å². The molecule has 1 rings (SSSR count). The van der Waals surface area contributed by atoms with Crippen LogP contribution in [0, 0.1) is 11.7 Å². The van der Waals surface area contributed by atoms with E-state index < -0.39 is 20.9 Å². The lowest BCUT2D eigenvalue weighted by atomic mass is 10.2. The molecule has 0 atom stereocenters. The molecule has 0 fully saturated rings. The van der Waals surface area contributed by atoms with Crippen molar-refractivity contribution in [2.75, 3.05) is 13.6 Å². The van der Waals surface area contributed by atoms with Crippen molar-refractivity contribution in [3.63, 3.8) is 0 Å². The van der Waals surface area contributed by atoms with Gasteiger partial charge in [-0.2, -0.15) is 4.31 Å². The maximum Gasteiger partial charge on any atom is 0.263 e. The van der Waals surface area contributed by atoms with E-state index in [1.54, 1.807) is 0 Å². The van der Waals surface area contributed by atoms with E-state index in [1.807, 2.05) is 13.8 Å². The molecule has 1 heterocycles. The van der Waals surface area contributed by atoms with Gasteiger partial charge in [0, 0.05) is 19.8 Å². The highest BCUT2D eigenvalue weighted by atomic mass is 32.2. The van der Waals surface area contributed by atoms with Crippen LogP contribution < -0.4 is 0 Å². The minimum absolute atomic E-state index is 0.173. The molecule has 1 aromatic heterocycles. The highest BCUT2D eigenvalue weighted by Crippen LogP contribution is 2.15. The summed E-state index contributed by atoms with van der Waals surface area (Å²) in [6.45, 7) is 4.11. The van der Waals surface area contributed by atoms with Gasteiger partial charge in [0.05, 0.1) is 0 Å². The number of halogens is 1. The SMILES string of the molecule is CC(C)CN(C)S(=O)(=O)c1ncccc1F. The van der Waals surface area contributed by atoms with Gasteiger partial charge in [-0.25, -0.2) is 17.8 Å². The van der Waals surface area contributed by atoms with Gasteiger partial charge < -0.3 is 0 Å². The fraction of sp³-hybridized carbons (Fsp3) is 0.500. The first-order valence-corrected chi connectivity index (χ1v) is 6.36. The summed E-state index contributed by atoms with van der Waals surface area (Å²) in [5.41, 5.74) is 0. The van der Waals surface area contributed by atoms with Gasteiger partial charge >= 0.3 is 0 Å². The molecular weight excluding hydrogens is 231 g/mol. The molecule has 0 aromatic carbocycles. The Kier molecular flexibility index (Phi) is 3.98. The summed E-state index contributed by atoms with van der Waals surface area (Å²) in [5.74, 6) is -0.648. The molecule has 16 heavy (non-hydrogen) atoms. The van der Waals surface area contributed by atoms with Crippen LogP contribution in [0.2, 0.25) is 0 Å². The predicted octanol–water partition coefficient (Wildman–Crippen LogP) is 1.50. The van der Waals surface area contributed by atoms with Crippen LogP contribution in [0.25, 0.3) is 0 Å². The van der Waals surface area contributed by atoms with Gasteiger partial charge in [-0.1, -0.05) is 13.8 Å². The van der Waals surface area contributed by atoms with Gasteiger partial charge in [0.15, 0.2) is 5.82 Å². The predicted molar refractivity (Wildman–Crippen MR) is 58.8 cm³/mol. The summed E-state index contributed by atoms with van der Waals surface area (Å²) in [4.78, 5) is 3.57. The highest BCUT2D eigenvalue weighted by Gasteiger charge is 2.25. The van der Waals surface area contributed by atoms with Crippen molar-refractivity contribution in [2.45, 2.75) is 18.9 Å². The van der Waals surface area contributed by atoms with Crippen molar-refractivity contribution in [3.05, 3.63) is 24.1 Å². The van der Waals surface area contributed by atoms with E-state index in [0.29, 0.717) is 6.54 Å². The molecule has 0 N–H and O–H groups in total. The van der Waals surface area contributed by atoms with E-state index in [0.717, 1.165) is 10.4 Å². The molecule has 0 saturated carbocycles. The number of rotatable bonds is 4. The van der Waals surface area contributed by atoms with Gasteiger partial charge in [0.2, 0.25) is 5.03 Å². The van der Waals surface area contributed by atoms with E-state index in [-0.39, 0.29) is 5.92 Å². The van der Waals surface area contributed by atoms with Crippen LogP contribution in [0.3, 0.4) is 0 Å². The van der Waals surface area contributed by atoms with E-state index in [4.69, 9.17) is 0 Å². The van der Waals surface area contributed by atoms with Crippen LogP contribution in [0.15, 0.2) is 23.4 Å². The third kappa shape index (κ3) is 2.76. The van der Waals surface area contributed by atoms with Gasteiger partial charge in [-0.05, 0) is 18.1 Å². The van der Waals surface area contributed by atoms with Crippen molar-refractivity contribution >= 4 is 10.0 Å². The van der Waals surface area contributed by atoms with Crippen molar-refractivity contribution in [1.82, 2.24) is 9.29 Å². The summed E-state index contributed by atoms with van der Waals surface area (Å²) in [5, 5.41) is -0.516. The fourth-order valence-corrected chi connectivity index (χ4v) is 2.62. The third-order valence-electron chi connectivity index (χ3n) is 2.00. The number of hydrogen-bond donors (Lipinski definition) is 0. The lowest BCUT2D eigenvalue weighted by molar-refractivity contribution is 0.411. The van der Waals surface area contributed by atoms with E-state index in [9.17, 15) is 12.8 Å². The summed E-state index contributed by atoms with van der Waals surface area (Å²) < 4.78 is 38.3.